The van der Waals surface area contributed by atoms with E-state index in [-0.39, 0.29) is 22.6 Å². The highest BCUT2D eigenvalue weighted by Crippen LogP contribution is 2.25. The van der Waals surface area contributed by atoms with Crippen LogP contribution in [0, 0.1) is 5.82 Å². The Kier molecular flexibility index (Phi) is 3.60. The summed E-state index contributed by atoms with van der Waals surface area (Å²) in [4.78, 5) is 26.1. The van der Waals surface area contributed by atoms with Crippen LogP contribution in [0.5, 0.6) is 5.75 Å². The zero-order chi connectivity index (χ0) is 14.7. The molecule has 0 aliphatic heterocycles. The van der Waals surface area contributed by atoms with Gasteiger partial charge in [0.05, 0.1) is 23.0 Å². The SMILES string of the molecule is O=C(O)c1ccc(O)c(NC(=O)c2ccncc2F)c1. The lowest BCUT2D eigenvalue weighted by molar-refractivity contribution is 0.0696. The second-order valence-electron chi connectivity index (χ2n) is 3.85. The van der Waals surface area contributed by atoms with E-state index in [1.54, 1.807) is 0 Å². The molecule has 0 aliphatic rings. The number of nitrogens with one attached hydrogen (secondary N) is 1. The van der Waals surface area contributed by atoms with E-state index in [9.17, 15) is 19.1 Å². The summed E-state index contributed by atoms with van der Waals surface area (Å²) in [5, 5.41) is 20.6. The van der Waals surface area contributed by atoms with Crippen LogP contribution in [0.1, 0.15) is 20.7 Å². The minimum Gasteiger partial charge on any atom is -0.506 e. The average molecular weight is 276 g/mol. The van der Waals surface area contributed by atoms with E-state index in [1.165, 1.54) is 18.3 Å². The quantitative estimate of drug-likeness (QED) is 0.743. The summed E-state index contributed by atoms with van der Waals surface area (Å²) < 4.78 is 13.4. The van der Waals surface area contributed by atoms with Gasteiger partial charge >= 0.3 is 5.97 Å². The van der Waals surface area contributed by atoms with Gasteiger partial charge < -0.3 is 15.5 Å². The maximum absolute atomic E-state index is 13.4. The summed E-state index contributed by atoms with van der Waals surface area (Å²) in [6.45, 7) is 0. The Labute approximate surface area is 112 Å². The van der Waals surface area contributed by atoms with E-state index in [0.29, 0.717) is 0 Å². The molecule has 0 unspecified atom stereocenters. The Balaban J connectivity index is 2.30. The predicted molar refractivity (Wildman–Crippen MR) is 67.2 cm³/mol. The number of halogens is 1. The molecule has 7 heteroatoms. The molecule has 1 amide bonds. The van der Waals surface area contributed by atoms with Crippen molar-refractivity contribution in [2.75, 3.05) is 5.32 Å². The molecule has 6 nitrogen and oxygen atoms in total. The monoisotopic (exact) mass is 276 g/mol. The number of carbonyl (C=O) groups excluding carboxylic acids is 1. The van der Waals surface area contributed by atoms with Crippen molar-refractivity contribution in [1.29, 1.82) is 0 Å². The number of hydrogen-bond donors (Lipinski definition) is 3. The molecular weight excluding hydrogens is 267 g/mol. The van der Waals surface area contributed by atoms with Crippen molar-refractivity contribution in [3.8, 4) is 5.75 Å². The Morgan fingerprint density at radius 2 is 2.00 bits per heavy atom. The first kappa shape index (κ1) is 13.5. The molecule has 1 aromatic carbocycles. The maximum Gasteiger partial charge on any atom is 0.335 e. The topological polar surface area (TPSA) is 99.5 Å². The zero-order valence-electron chi connectivity index (χ0n) is 10.0. The third kappa shape index (κ3) is 2.72. The number of carboxylic acid groups (broad SMARTS) is 1. The fourth-order valence-corrected chi connectivity index (χ4v) is 1.52. The number of rotatable bonds is 3. The van der Waals surface area contributed by atoms with Crippen LogP contribution in [0.4, 0.5) is 10.1 Å². The number of carboxylic acids is 1. The Morgan fingerprint density at radius 3 is 2.65 bits per heavy atom. The smallest absolute Gasteiger partial charge is 0.335 e. The number of nitrogens with zero attached hydrogens (tertiary/aromatic N) is 1. The van der Waals surface area contributed by atoms with E-state index in [1.807, 2.05) is 0 Å². The molecule has 0 radical (unpaired) electrons. The van der Waals surface area contributed by atoms with Gasteiger partial charge in [-0.1, -0.05) is 0 Å². The lowest BCUT2D eigenvalue weighted by Gasteiger charge is -2.08. The normalized spacial score (nSPS) is 10.1. The summed E-state index contributed by atoms with van der Waals surface area (Å²) in [7, 11) is 0. The molecule has 20 heavy (non-hydrogen) atoms. The van der Waals surface area contributed by atoms with Crippen LogP contribution in [0.15, 0.2) is 36.7 Å². The molecule has 1 aromatic heterocycles. The van der Waals surface area contributed by atoms with Gasteiger partial charge in [0, 0.05) is 6.20 Å². The Bertz CT molecular complexity index is 688. The van der Waals surface area contributed by atoms with Crippen molar-refractivity contribution in [3.05, 3.63) is 53.6 Å². The summed E-state index contributed by atoms with van der Waals surface area (Å²) in [6, 6.07) is 4.56. The standard InChI is InChI=1S/C13H9FN2O4/c14-9-6-15-4-3-8(9)12(18)16-10-5-7(13(19)20)1-2-11(10)17/h1-6,17H,(H,16,18)(H,19,20). The highest BCUT2D eigenvalue weighted by atomic mass is 19.1. The third-order valence-electron chi connectivity index (χ3n) is 2.51. The van der Waals surface area contributed by atoms with Gasteiger partial charge in [0.25, 0.3) is 5.91 Å². The molecule has 0 spiro atoms. The Morgan fingerprint density at radius 1 is 1.25 bits per heavy atom. The summed E-state index contributed by atoms with van der Waals surface area (Å²) >= 11 is 0. The van der Waals surface area contributed by atoms with Crippen LogP contribution >= 0.6 is 0 Å². The largest absolute Gasteiger partial charge is 0.506 e. The van der Waals surface area contributed by atoms with E-state index in [2.05, 4.69) is 10.3 Å². The van der Waals surface area contributed by atoms with Gasteiger partial charge in [0.15, 0.2) is 5.82 Å². The molecule has 0 bridgehead atoms. The van der Waals surface area contributed by atoms with E-state index in [4.69, 9.17) is 5.11 Å². The van der Waals surface area contributed by atoms with Crippen molar-refractivity contribution >= 4 is 17.6 Å². The molecule has 0 fully saturated rings. The fourth-order valence-electron chi connectivity index (χ4n) is 1.52. The molecule has 0 saturated carbocycles. The minimum atomic E-state index is -1.21. The maximum atomic E-state index is 13.4. The number of amides is 1. The van der Waals surface area contributed by atoms with E-state index >= 15 is 0 Å². The minimum absolute atomic E-state index is 0.117. The molecule has 0 aliphatic carbocycles. The number of aromatic hydroxyl groups is 1. The molecule has 0 saturated heterocycles. The molecule has 0 atom stereocenters. The van der Waals surface area contributed by atoms with Crippen molar-refractivity contribution < 1.29 is 24.2 Å². The molecule has 3 N–H and O–H groups in total. The number of phenolic OH excluding ortho intramolecular Hbond substituents is 1. The Hall–Kier alpha value is -2.96. The molecule has 2 rings (SSSR count). The third-order valence-corrected chi connectivity index (χ3v) is 2.51. The van der Waals surface area contributed by atoms with Gasteiger partial charge in [-0.15, -0.1) is 0 Å². The van der Waals surface area contributed by atoms with Gasteiger partial charge in [-0.25, -0.2) is 9.18 Å². The highest BCUT2D eigenvalue weighted by molar-refractivity contribution is 6.05. The second kappa shape index (κ2) is 5.35. The van der Waals surface area contributed by atoms with Crippen LogP contribution in [0.2, 0.25) is 0 Å². The first-order valence-corrected chi connectivity index (χ1v) is 5.46. The average Bonchev–Trinajstić information content (AvgIpc) is 2.41. The van der Waals surface area contributed by atoms with E-state index < -0.39 is 17.7 Å². The van der Waals surface area contributed by atoms with Crippen molar-refractivity contribution in [2.45, 2.75) is 0 Å². The van der Waals surface area contributed by atoms with Gasteiger partial charge in [-0.3, -0.25) is 9.78 Å². The molecular formula is C13H9FN2O4. The molecule has 1 heterocycles. The number of aromatic nitrogens is 1. The van der Waals surface area contributed by atoms with Crippen LogP contribution in [0.25, 0.3) is 0 Å². The highest BCUT2D eigenvalue weighted by Gasteiger charge is 2.14. The van der Waals surface area contributed by atoms with Crippen molar-refractivity contribution in [3.63, 3.8) is 0 Å². The second-order valence-corrected chi connectivity index (χ2v) is 3.85. The van der Waals surface area contributed by atoms with Gasteiger partial charge in [-0.05, 0) is 24.3 Å². The summed E-state index contributed by atoms with van der Waals surface area (Å²) in [5.74, 6) is -3.17. The lowest BCUT2D eigenvalue weighted by Crippen LogP contribution is -2.14. The van der Waals surface area contributed by atoms with Crippen LogP contribution in [0.3, 0.4) is 0 Å². The van der Waals surface area contributed by atoms with E-state index in [0.717, 1.165) is 18.3 Å². The summed E-state index contributed by atoms with van der Waals surface area (Å²) in [6.07, 6.45) is 2.12. The number of aromatic carboxylic acids is 1. The first-order valence-electron chi connectivity index (χ1n) is 5.46. The van der Waals surface area contributed by atoms with Gasteiger partial charge in [-0.2, -0.15) is 0 Å². The van der Waals surface area contributed by atoms with Crippen molar-refractivity contribution in [1.82, 2.24) is 4.98 Å². The summed E-state index contributed by atoms with van der Waals surface area (Å²) in [5.41, 5.74) is -0.500. The lowest BCUT2D eigenvalue weighted by atomic mass is 10.1. The number of carbonyl (C=O) groups is 2. The number of phenols is 1. The van der Waals surface area contributed by atoms with Crippen molar-refractivity contribution in [2.24, 2.45) is 0 Å². The molecule has 102 valence electrons. The molecule has 2 aromatic rings. The number of anilines is 1. The zero-order valence-corrected chi connectivity index (χ0v) is 10.0. The predicted octanol–water partition coefficient (Wildman–Crippen LogP) is 1.88. The number of pyridine rings is 1. The van der Waals surface area contributed by atoms with Crippen LogP contribution in [-0.4, -0.2) is 27.1 Å². The number of benzene rings is 1. The van der Waals surface area contributed by atoms with Gasteiger partial charge in [0.1, 0.15) is 5.75 Å². The van der Waals surface area contributed by atoms with Crippen LogP contribution < -0.4 is 5.32 Å². The fraction of sp³-hybridized carbons (Fsp3) is 0. The number of hydrogen-bond acceptors (Lipinski definition) is 4. The van der Waals surface area contributed by atoms with Crippen LogP contribution in [-0.2, 0) is 0 Å². The first-order chi connectivity index (χ1) is 9.49. The van der Waals surface area contributed by atoms with Gasteiger partial charge in [0.2, 0.25) is 0 Å².